The summed E-state index contributed by atoms with van der Waals surface area (Å²) in [6, 6.07) is 4.06. The number of urea groups is 1. The highest BCUT2D eigenvalue weighted by Gasteiger charge is 2.26. The smallest absolute Gasteiger partial charge is 0.328 e. The van der Waals surface area contributed by atoms with Crippen LogP contribution in [0.4, 0.5) is 10.5 Å². The molecule has 0 spiro atoms. The summed E-state index contributed by atoms with van der Waals surface area (Å²) in [5.41, 5.74) is 1.99. The third-order valence-electron chi connectivity index (χ3n) is 3.68. The Morgan fingerprint density at radius 3 is 2.57 bits per heavy atom. The lowest BCUT2D eigenvalue weighted by Crippen LogP contribution is -2.47. The van der Waals surface area contributed by atoms with Crippen LogP contribution in [-0.2, 0) is 9.53 Å². The maximum absolute atomic E-state index is 12.1. The molecule has 0 saturated heterocycles. The van der Waals surface area contributed by atoms with Gasteiger partial charge in [0.25, 0.3) is 0 Å². The van der Waals surface area contributed by atoms with Gasteiger partial charge in [0.05, 0.1) is 18.1 Å². The van der Waals surface area contributed by atoms with Crippen LogP contribution in [0.25, 0.3) is 11.0 Å². The van der Waals surface area contributed by atoms with E-state index in [-0.39, 0.29) is 5.92 Å². The number of hydrogen-bond donors (Lipinski definition) is 2. The highest BCUT2D eigenvalue weighted by Crippen LogP contribution is 2.15. The summed E-state index contributed by atoms with van der Waals surface area (Å²) in [7, 11) is 1.30. The Hall–Kier alpha value is -2.70. The van der Waals surface area contributed by atoms with Crippen molar-refractivity contribution in [1.82, 2.24) is 15.3 Å². The van der Waals surface area contributed by atoms with Crippen molar-refractivity contribution < 1.29 is 14.3 Å². The molecule has 0 aliphatic carbocycles. The summed E-state index contributed by atoms with van der Waals surface area (Å²) >= 11 is 0. The van der Waals surface area contributed by atoms with Gasteiger partial charge in [-0.3, -0.25) is 9.97 Å². The Morgan fingerprint density at radius 2 is 1.91 bits per heavy atom. The maximum Gasteiger partial charge on any atom is 0.328 e. The van der Waals surface area contributed by atoms with Gasteiger partial charge in [-0.15, -0.1) is 0 Å². The lowest BCUT2D eigenvalue weighted by Gasteiger charge is -2.22. The van der Waals surface area contributed by atoms with Crippen LogP contribution in [0.5, 0.6) is 0 Å². The number of hydrogen-bond acceptors (Lipinski definition) is 5. The van der Waals surface area contributed by atoms with Gasteiger partial charge in [0.2, 0.25) is 0 Å². The standard InChI is InChI=1S/C16H20N4O3/c1-4-10(2)14(15(21)23-3)20-16(22)19-11-5-6-12-13(9-11)18-8-7-17-12/h5-10,14H,4H2,1-3H3,(H2,19,20,22). The van der Waals surface area contributed by atoms with Crippen molar-refractivity contribution in [2.75, 3.05) is 12.4 Å². The molecule has 23 heavy (non-hydrogen) atoms. The molecule has 0 aliphatic heterocycles. The number of fused-ring (bicyclic) bond motifs is 1. The van der Waals surface area contributed by atoms with Crippen LogP contribution in [0.2, 0.25) is 0 Å². The van der Waals surface area contributed by atoms with E-state index in [0.29, 0.717) is 11.2 Å². The van der Waals surface area contributed by atoms with E-state index in [0.717, 1.165) is 11.9 Å². The molecule has 2 aromatic rings. The van der Waals surface area contributed by atoms with Gasteiger partial charge >= 0.3 is 12.0 Å². The van der Waals surface area contributed by atoms with Crippen molar-refractivity contribution in [2.45, 2.75) is 26.3 Å². The predicted molar refractivity (Wildman–Crippen MR) is 87.0 cm³/mol. The number of carbonyl (C=O) groups excluding carboxylic acids is 2. The predicted octanol–water partition coefficient (Wildman–Crippen LogP) is 2.34. The first-order valence-electron chi connectivity index (χ1n) is 7.41. The molecule has 2 atom stereocenters. The van der Waals surface area contributed by atoms with E-state index in [1.807, 2.05) is 13.8 Å². The monoisotopic (exact) mass is 316 g/mol. The summed E-state index contributed by atoms with van der Waals surface area (Å²) < 4.78 is 4.74. The second-order valence-corrected chi connectivity index (χ2v) is 5.24. The van der Waals surface area contributed by atoms with Crippen molar-refractivity contribution in [2.24, 2.45) is 5.92 Å². The Kier molecular flexibility index (Phi) is 5.46. The fraction of sp³-hybridized carbons (Fsp3) is 0.375. The molecule has 7 heteroatoms. The molecule has 0 saturated carbocycles. The van der Waals surface area contributed by atoms with Crippen molar-refractivity contribution in [1.29, 1.82) is 0 Å². The third kappa shape index (κ3) is 4.15. The topological polar surface area (TPSA) is 93.2 Å². The number of methoxy groups -OCH3 is 1. The van der Waals surface area contributed by atoms with Crippen molar-refractivity contribution in [3.05, 3.63) is 30.6 Å². The van der Waals surface area contributed by atoms with Crippen LogP contribution in [0.1, 0.15) is 20.3 Å². The van der Waals surface area contributed by atoms with Crippen molar-refractivity contribution >= 4 is 28.7 Å². The van der Waals surface area contributed by atoms with Gasteiger partial charge in [-0.2, -0.15) is 0 Å². The van der Waals surface area contributed by atoms with E-state index in [2.05, 4.69) is 20.6 Å². The first-order chi connectivity index (χ1) is 11.0. The first-order valence-corrected chi connectivity index (χ1v) is 7.41. The number of nitrogens with zero attached hydrogens (tertiary/aromatic N) is 2. The van der Waals surface area contributed by atoms with Crippen molar-refractivity contribution in [3.63, 3.8) is 0 Å². The lowest BCUT2D eigenvalue weighted by atomic mass is 9.99. The van der Waals surface area contributed by atoms with E-state index in [1.54, 1.807) is 30.6 Å². The number of nitrogens with one attached hydrogen (secondary N) is 2. The van der Waals surface area contributed by atoms with Crippen LogP contribution in [0.3, 0.4) is 0 Å². The Morgan fingerprint density at radius 1 is 1.22 bits per heavy atom. The van der Waals surface area contributed by atoms with Gasteiger partial charge in [-0.05, 0) is 24.1 Å². The average Bonchev–Trinajstić information content (AvgIpc) is 2.58. The highest BCUT2D eigenvalue weighted by molar-refractivity contribution is 5.94. The zero-order chi connectivity index (χ0) is 16.8. The third-order valence-corrected chi connectivity index (χ3v) is 3.68. The Labute approximate surface area is 134 Å². The van der Waals surface area contributed by atoms with Crippen LogP contribution in [0.15, 0.2) is 30.6 Å². The van der Waals surface area contributed by atoms with Crippen LogP contribution in [0, 0.1) is 5.92 Å². The number of esters is 1. The number of rotatable bonds is 5. The van der Waals surface area contributed by atoms with E-state index in [1.165, 1.54) is 7.11 Å². The normalized spacial score (nSPS) is 13.2. The van der Waals surface area contributed by atoms with E-state index >= 15 is 0 Å². The number of benzene rings is 1. The second kappa shape index (κ2) is 7.53. The largest absolute Gasteiger partial charge is 0.467 e. The van der Waals surface area contributed by atoms with Crippen LogP contribution in [-0.4, -0.2) is 35.1 Å². The maximum atomic E-state index is 12.1. The molecular formula is C16H20N4O3. The Balaban J connectivity index is 2.08. The molecule has 0 fully saturated rings. The first kappa shape index (κ1) is 16.7. The van der Waals surface area contributed by atoms with Crippen molar-refractivity contribution in [3.8, 4) is 0 Å². The fourth-order valence-electron chi connectivity index (χ4n) is 2.15. The molecule has 1 aromatic heterocycles. The van der Waals surface area contributed by atoms with E-state index in [9.17, 15) is 9.59 Å². The molecule has 0 aliphatic rings. The Bertz CT molecular complexity index is 705. The molecule has 2 unspecified atom stereocenters. The van der Waals surface area contributed by atoms with E-state index in [4.69, 9.17) is 4.74 Å². The fourth-order valence-corrected chi connectivity index (χ4v) is 2.15. The number of amides is 2. The van der Waals surface area contributed by atoms with Crippen LogP contribution >= 0.6 is 0 Å². The minimum Gasteiger partial charge on any atom is -0.467 e. The molecular weight excluding hydrogens is 296 g/mol. The molecule has 0 radical (unpaired) electrons. The lowest BCUT2D eigenvalue weighted by molar-refractivity contribution is -0.144. The minimum atomic E-state index is -0.690. The summed E-state index contributed by atoms with van der Waals surface area (Å²) in [6.07, 6.45) is 3.93. The average molecular weight is 316 g/mol. The molecule has 122 valence electrons. The SMILES string of the molecule is CCC(C)C(NC(=O)Nc1ccc2nccnc2c1)C(=O)OC. The zero-order valence-corrected chi connectivity index (χ0v) is 13.4. The summed E-state index contributed by atoms with van der Waals surface area (Å²) in [5, 5.41) is 5.35. The zero-order valence-electron chi connectivity index (χ0n) is 13.4. The molecule has 1 aromatic carbocycles. The number of anilines is 1. The molecule has 2 rings (SSSR count). The summed E-state index contributed by atoms with van der Waals surface area (Å²) in [6.45, 7) is 3.83. The molecule has 7 nitrogen and oxygen atoms in total. The minimum absolute atomic E-state index is 0.0318. The molecule has 0 bridgehead atoms. The summed E-state index contributed by atoms with van der Waals surface area (Å²) in [4.78, 5) is 32.3. The highest BCUT2D eigenvalue weighted by atomic mass is 16.5. The molecule has 2 amide bonds. The second-order valence-electron chi connectivity index (χ2n) is 5.24. The van der Waals surface area contributed by atoms with Gasteiger partial charge in [0.1, 0.15) is 6.04 Å². The van der Waals surface area contributed by atoms with Gasteiger partial charge in [0.15, 0.2) is 0 Å². The quantitative estimate of drug-likeness (QED) is 0.826. The van der Waals surface area contributed by atoms with Crippen LogP contribution < -0.4 is 10.6 Å². The van der Waals surface area contributed by atoms with Gasteiger partial charge in [-0.1, -0.05) is 20.3 Å². The van der Waals surface area contributed by atoms with Gasteiger partial charge in [-0.25, -0.2) is 9.59 Å². The van der Waals surface area contributed by atoms with Gasteiger partial charge < -0.3 is 15.4 Å². The van der Waals surface area contributed by atoms with Gasteiger partial charge in [0, 0.05) is 18.1 Å². The molecule has 2 N–H and O–H groups in total. The number of aromatic nitrogens is 2. The number of ether oxygens (including phenoxy) is 1. The summed E-state index contributed by atoms with van der Waals surface area (Å²) in [5.74, 6) is -0.491. The van der Waals surface area contributed by atoms with E-state index < -0.39 is 18.0 Å². The molecule has 1 heterocycles. The number of carbonyl (C=O) groups is 2.